The van der Waals surface area contributed by atoms with Gasteiger partial charge in [-0.05, 0) is 31.9 Å². The van der Waals surface area contributed by atoms with Crippen LogP contribution in [0.5, 0.6) is 5.75 Å². The Bertz CT molecular complexity index is 583. The molecule has 1 atom stereocenters. The highest BCUT2D eigenvalue weighted by Crippen LogP contribution is 2.31. The third-order valence-electron chi connectivity index (χ3n) is 4.88. The molecule has 25 heavy (non-hydrogen) atoms. The van der Waals surface area contributed by atoms with E-state index in [1.807, 2.05) is 43.9 Å². The number of hydrogen-bond donors (Lipinski definition) is 1. The van der Waals surface area contributed by atoms with Gasteiger partial charge >= 0.3 is 6.03 Å². The van der Waals surface area contributed by atoms with Gasteiger partial charge < -0.3 is 24.4 Å². The number of nitrogens with zero attached hydrogens (tertiary/aromatic N) is 1. The highest BCUT2D eigenvalue weighted by molar-refractivity contribution is 5.74. The van der Waals surface area contributed by atoms with Crippen LogP contribution < -0.4 is 10.1 Å². The number of likely N-dealkylation sites (tertiary alicyclic amines) is 1. The maximum atomic E-state index is 12.4. The van der Waals surface area contributed by atoms with E-state index >= 15 is 0 Å². The molecule has 2 aliphatic heterocycles. The Morgan fingerprint density at radius 3 is 2.44 bits per heavy atom. The molecule has 3 rings (SSSR count). The fourth-order valence-corrected chi connectivity index (χ4v) is 3.42. The molecule has 2 aliphatic rings. The van der Waals surface area contributed by atoms with Crippen LogP contribution in [0.3, 0.4) is 0 Å². The van der Waals surface area contributed by atoms with Crippen LogP contribution in [0.15, 0.2) is 18.2 Å². The van der Waals surface area contributed by atoms with Crippen LogP contribution in [0.4, 0.5) is 4.79 Å². The van der Waals surface area contributed by atoms with Crippen LogP contribution in [0.25, 0.3) is 0 Å². The Hall–Kier alpha value is -1.79. The quantitative estimate of drug-likeness (QED) is 0.909. The molecule has 1 N–H and O–H groups in total. The van der Waals surface area contributed by atoms with Gasteiger partial charge in [0.25, 0.3) is 0 Å². The van der Waals surface area contributed by atoms with Gasteiger partial charge in [-0.3, -0.25) is 0 Å². The minimum absolute atomic E-state index is 0.0505. The van der Waals surface area contributed by atoms with E-state index in [-0.39, 0.29) is 12.1 Å². The zero-order valence-corrected chi connectivity index (χ0v) is 15.3. The van der Waals surface area contributed by atoms with Crippen molar-refractivity contribution in [1.29, 1.82) is 0 Å². The largest absolute Gasteiger partial charge is 0.491 e. The first-order valence-electron chi connectivity index (χ1n) is 9.01. The summed E-state index contributed by atoms with van der Waals surface area (Å²) in [6.45, 7) is 9.07. The summed E-state index contributed by atoms with van der Waals surface area (Å²) < 4.78 is 17.3. The van der Waals surface area contributed by atoms with Crippen molar-refractivity contribution in [1.82, 2.24) is 10.2 Å². The van der Waals surface area contributed by atoms with Crippen molar-refractivity contribution in [2.75, 3.05) is 32.9 Å². The highest BCUT2D eigenvalue weighted by Gasteiger charge is 2.40. The number of carbonyl (C=O) groups excluding carboxylic acids is 1. The summed E-state index contributed by atoms with van der Waals surface area (Å²) in [5.74, 6) is 0.451. The molecule has 0 aliphatic carbocycles. The Morgan fingerprint density at radius 2 is 1.84 bits per heavy atom. The van der Waals surface area contributed by atoms with Gasteiger partial charge in [0.15, 0.2) is 5.79 Å². The molecule has 0 saturated carbocycles. The second-order valence-corrected chi connectivity index (χ2v) is 6.98. The number of carbonyl (C=O) groups is 1. The number of hydrogen-bond acceptors (Lipinski definition) is 4. The molecular formula is C19H28N2O4. The van der Waals surface area contributed by atoms with Gasteiger partial charge in [0, 0.05) is 25.9 Å². The second-order valence-electron chi connectivity index (χ2n) is 6.98. The van der Waals surface area contributed by atoms with Crippen molar-refractivity contribution in [3.05, 3.63) is 29.3 Å². The van der Waals surface area contributed by atoms with Crippen molar-refractivity contribution >= 4 is 6.03 Å². The smallest absolute Gasteiger partial charge is 0.317 e. The number of para-hydroxylation sites is 1. The monoisotopic (exact) mass is 348 g/mol. The average molecular weight is 348 g/mol. The maximum Gasteiger partial charge on any atom is 0.317 e. The number of piperidine rings is 1. The van der Waals surface area contributed by atoms with E-state index in [0.717, 1.165) is 29.7 Å². The summed E-state index contributed by atoms with van der Waals surface area (Å²) in [5.41, 5.74) is 2.22. The first-order chi connectivity index (χ1) is 12.0. The summed E-state index contributed by atoms with van der Waals surface area (Å²) in [4.78, 5) is 14.3. The number of nitrogens with one attached hydrogen (secondary N) is 1. The summed E-state index contributed by atoms with van der Waals surface area (Å²) in [6, 6.07) is 5.96. The fraction of sp³-hybridized carbons (Fsp3) is 0.632. The third kappa shape index (κ3) is 4.25. The van der Waals surface area contributed by atoms with Crippen molar-refractivity contribution < 1.29 is 19.0 Å². The Kier molecular flexibility index (Phi) is 5.49. The van der Waals surface area contributed by atoms with Crippen LogP contribution in [-0.2, 0) is 9.47 Å². The Labute approximate surface area is 149 Å². The molecule has 1 aromatic rings. The molecule has 2 fully saturated rings. The minimum atomic E-state index is -0.451. The van der Waals surface area contributed by atoms with Gasteiger partial charge in [-0.2, -0.15) is 0 Å². The van der Waals surface area contributed by atoms with Crippen molar-refractivity contribution in [2.45, 2.75) is 45.4 Å². The van der Waals surface area contributed by atoms with E-state index in [2.05, 4.69) is 5.32 Å². The molecule has 0 aromatic heterocycles. The molecule has 0 radical (unpaired) electrons. The van der Waals surface area contributed by atoms with E-state index < -0.39 is 5.79 Å². The van der Waals surface area contributed by atoms with Gasteiger partial charge in [-0.15, -0.1) is 0 Å². The first kappa shape index (κ1) is 18.0. The normalized spacial score (nSPS) is 20.5. The second kappa shape index (κ2) is 7.62. The van der Waals surface area contributed by atoms with Gasteiger partial charge in [0.2, 0.25) is 0 Å². The molecule has 138 valence electrons. The van der Waals surface area contributed by atoms with Crippen LogP contribution >= 0.6 is 0 Å². The van der Waals surface area contributed by atoms with E-state index in [4.69, 9.17) is 14.2 Å². The lowest BCUT2D eigenvalue weighted by atomic mass is 10.0. The van der Waals surface area contributed by atoms with E-state index in [9.17, 15) is 4.79 Å². The molecule has 1 spiro atoms. The Morgan fingerprint density at radius 1 is 1.24 bits per heavy atom. The Balaban J connectivity index is 1.45. The van der Waals surface area contributed by atoms with Gasteiger partial charge in [-0.1, -0.05) is 18.2 Å². The number of rotatable bonds is 4. The topological polar surface area (TPSA) is 60.0 Å². The average Bonchev–Trinajstić information content (AvgIpc) is 3.03. The molecule has 2 amide bonds. The summed E-state index contributed by atoms with van der Waals surface area (Å²) >= 11 is 0. The van der Waals surface area contributed by atoms with Crippen LogP contribution in [0.1, 0.15) is 30.9 Å². The van der Waals surface area contributed by atoms with Gasteiger partial charge in [0.05, 0.1) is 19.3 Å². The lowest BCUT2D eigenvalue weighted by Crippen LogP contribution is -2.52. The third-order valence-corrected chi connectivity index (χ3v) is 4.88. The number of benzene rings is 1. The zero-order valence-electron chi connectivity index (χ0n) is 15.3. The summed E-state index contributed by atoms with van der Waals surface area (Å²) in [5, 5.41) is 3.02. The van der Waals surface area contributed by atoms with Crippen molar-refractivity contribution in [3.63, 3.8) is 0 Å². The minimum Gasteiger partial charge on any atom is -0.491 e. The van der Waals surface area contributed by atoms with Crippen LogP contribution in [-0.4, -0.2) is 55.7 Å². The van der Waals surface area contributed by atoms with Crippen LogP contribution in [0, 0.1) is 13.8 Å². The molecule has 2 saturated heterocycles. The zero-order chi connectivity index (χ0) is 17.9. The standard InChI is InChI=1S/C19H28N2O4/c1-14-5-4-6-15(2)17(14)23-13-16(3)20-18(22)21-9-7-19(8-10-21)24-11-12-25-19/h4-6,16H,7-13H2,1-3H3,(H,20,22)/t16-/m1/s1. The van der Waals surface area contributed by atoms with E-state index in [1.54, 1.807) is 0 Å². The van der Waals surface area contributed by atoms with Gasteiger partial charge in [-0.25, -0.2) is 4.79 Å². The summed E-state index contributed by atoms with van der Waals surface area (Å²) in [7, 11) is 0. The molecule has 2 heterocycles. The molecule has 0 bridgehead atoms. The van der Waals surface area contributed by atoms with Crippen LogP contribution in [0.2, 0.25) is 0 Å². The molecular weight excluding hydrogens is 320 g/mol. The molecule has 1 aromatic carbocycles. The molecule has 0 unspecified atom stereocenters. The van der Waals surface area contributed by atoms with E-state index in [1.165, 1.54) is 0 Å². The molecule has 6 nitrogen and oxygen atoms in total. The number of urea groups is 1. The van der Waals surface area contributed by atoms with Crippen molar-refractivity contribution in [2.24, 2.45) is 0 Å². The summed E-state index contributed by atoms with van der Waals surface area (Å²) in [6.07, 6.45) is 1.46. The number of ether oxygens (including phenoxy) is 3. The fourth-order valence-electron chi connectivity index (χ4n) is 3.42. The maximum absolute atomic E-state index is 12.4. The van der Waals surface area contributed by atoms with Gasteiger partial charge in [0.1, 0.15) is 12.4 Å². The first-order valence-corrected chi connectivity index (χ1v) is 9.01. The lowest BCUT2D eigenvalue weighted by molar-refractivity contribution is -0.181. The van der Waals surface area contributed by atoms with E-state index in [0.29, 0.717) is 32.9 Å². The highest BCUT2D eigenvalue weighted by atomic mass is 16.7. The number of amides is 2. The van der Waals surface area contributed by atoms with Crippen molar-refractivity contribution in [3.8, 4) is 5.75 Å². The predicted molar refractivity (Wildman–Crippen MR) is 94.8 cm³/mol. The molecule has 6 heteroatoms. The SMILES string of the molecule is Cc1cccc(C)c1OC[C@@H](C)NC(=O)N1CCC2(CC1)OCCO2. The number of aryl methyl sites for hydroxylation is 2. The lowest BCUT2D eigenvalue weighted by Gasteiger charge is -2.37. The predicted octanol–water partition coefficient (Wildman–Crippen LogP) is 2.62.